The first-order chi connectivity index (χ1) is 11.9. The molecule has 1 aliphatic heterocycles. The number of hydrogen-bond donors (Lipinski definition) is 2. The quantitative estimate of drug-likeness (QED) is 0.599. The molecule has 0 atom stereocenters. The number of guanidine groups is 1. The van der Waals surface area contributed by atoms with Crippen LogP contribution in [0.15, 0.2) is 29.5 Å². The smallest absolute Gasteiger partial charge is 0.347 e. The van der Waals surface area contributed by atoms with Crippen molar-refractivity contribution in [3.8, 4) is 11.1 Å². The highest BCUT2D eigenvalue weighted by atomic mass is 35.5. The molecule has 0 fully saturated rings. The van der Waals surface area contributed by atoms with Crippen LogP contribution in [-0.2, 0) is 13.0 Å². The molecule has 0 aliphatic carbocycles. The minimum absolute atomic E-state index is 0.0378. The molecule has 0 unspecified atom stereocenters. The molecule has 4 N–H and O–H groups in total. The first-order valence-electron chi connectivity index (χ1n) is 7.36. The van der Waals surface area contributed by atoms with Crippen LogP contribution >= 0.6 is 11.6 Å². The number of halogens is 3. The summed E-state index contributed by atoms with van der Waals surface area (Å²) in [4.78, 5) is 20.6. The van der Waals surface area contributed by atoms with Gasteiger partial charge in [0.25, 0.3) is 0 Å². The predicted octanol–water partition coefficient (Wildman–Crippen LogP) is 2.43. The Morgan fingerprint density at radius 1 is 1.20 bits per heavy atom. The van der Waals surface area contributed by atoms with Gasteiger partial charge in [-0.1, -0.05) is 17.7 Å². The average molecular weight is 366 g/mol. The Hall–Kier alpha value is -2.74. The Balaban J connectivity index is 2.10. The number of hydrogen-bond acceptors (Lipinski definition) is 2. The van der Waals surface area contributed by atoms with E-state index in [0.717, 1.165) is 6.20 Å². The zero-order valence-electron chi connectivity index (χ0n) is 13.0. The highest BCUT2D eigenvalue weighted by Crippen LogP contribution is 2.37. The zero-order chi connectivity index (χ0) is 18.1. The first-order valence-corrected chi connectivity index (χ1v) is 7.74. The van der Waals surface area contributed by atoms with Crippen LogP contribution in [0.3, 0.4) is 0 Å². The van der Waals surface area contributed by atoms with E-state index < -0.39 is 17.7 Å². The van der Waals surface area contributed by atoms with Crippen molar-refractivity contribution < 1.29 is 13.6 Å². The van der Waals surface area contributed by atoms with E-state index >= 15 is 0 Å². The number of nitrogens with zero attached hydrogens (tertiary/aromatic N) is 3. The molecule has 2 aromatic rings. The normalized spacial score (nSPS) is 13.3. The standard InChI is InChI=1S/C16H14ClF2N5O/c17-11-5-22-6-13(19)14(11)9-1-2-12(18)8-3-4-24(7-10(8)9)16(25)23-15(20)21/h1-2,5-6H,3-4,7H2,(H4,20,21,23,25). The Morgan fingerprint density at radius 3 is 2.64 bits per heavy atom. The summed E-state index contributed by atoms with van der Waals surface area (Å²) in [5, 5.41) is 0.0986. The molecule has 130 valence electrons. The fourth-order valence-electron chi connectivity index (χ4n) is 2.88. The Morgan fingerprint density at radius 2 is 1.96 bits per heavy atom. The van der Waals surface area contributed by atoms with Crippen LogP contribution in [0, 0.1) is 11.6 Å². The Kier molecular flexibility index (Phi) is 4.54. The number of aliphatic imine (C=N–C) groups is 1. The summed E-state index contributed by atoms with van der Waals surface area (Å²) in [6.45, 7) is 0.283. The summed E-state index contributed by atoms with van der Waals surface area (Å²) in [5.74, 6) is -1.41. The number of rotatable bonds is 1. The Bertz CT molecular complexity index is 863. The molecule has 1 aromatic carbocycles. The summed E-state index contributed by atoms with van der Waals surface area (Å²) in [7, 11) is 0. The maximum Gasteiger partial charge on any atom is 0.347 e. The monoisotopic (exact) mass is 365 g/mol. The third-order valence-corrected chi connectivity index (χ3v) is 4.26. The van der Waals surface area contributed by atoms with Gasteiger partial charge in [0.2, 0.25) is 0 Å². The summed E-state index contributed by atoms with van der Waals surface area (Å²) in [6.07, 6.45) is 2.59. The van der Waals surface area contributed by atoms with E-state index in [1.54, 1.807) is 0 Å². The van der Waals surface area contributed by atoms with Gasteiger partial charge in [-0.05, 0) is 29.2 Å². The summed E-state index contributed by atoms with van der Waals surface area (Å²) in [6, 6.07) is 2.06. The number of carbonyl (C=O) groups excluding carboxylic acids is 1. The SMILES string of the molecule is NC(N)=NC(=O)N1CCc2c(F)ccc(-c3c(F)cncc3Cl)c2C1. The van der Waals surface area contributed by atoms with Crippen LogP contribution in [0.25, 0.3) is 11.1 Å². The van der Waals surface area contributed by atoms with Gasteiger partial charge in [-0.25, -0.2) is 13.6 Å². The van der Waals surface area contributed by atoms with E-state index in [4.69, 9.17) is 23.1 Å². The molecule has 6 nitrogen and oxygen atoms in total. The molecule has 9 heteroatoms. The van der Waals surface area contributed by atoms with Crippen LogP contribution in [0.4, 0.5) is 13.6 Å². The minimum atomic E-state index is -0.637. The number of carbonyl (C=O) groups is 1. The van der Waals surface area contributed by atoms with Gasteiger partial charge in [0.1, 0.15) is 5.82 Å². The molecule has 0 bridgehead atoms. The maximum atomic E-state index is 14.3. The molecular weight excluding hydrogens is 352 g/mol. The third kappa shape index (κ3) is 3.25. The second kappa shape index (κ2) is 6.64. The molecule has 2 heterocycles. The second-order valence-electron chi connectivity index (χ2n) is 5.52. The molecule has 3 rings (SSSR count). The fraction of sp³-hybridized carbons (Fsp3) is 0.188. The lowest BCUT2D eigenvalue weighted by Crippen LogP contribution is -2.37. The second-order valence-corrected chi connectivity index (χ2v) is 5.93. The van der Waals surface area contributed by atoms with Crippen molar-refractivity contribution in [2.45, 2.75) is 13.0 Å². The largest absolute Gasteiger partial charge is 0.370 e. The van der Waals surface area contributed by atoms with Gasteiger partial charge in [0.05, 0.1) is 11.2 Å². The van der Waals surface area contributed by atoms with Crippen molar-refractivity contribution in [3.05, 3.63) is 52.3 Å². The maximum absolute atomic E-state index is 14.3. The molecular formula is C16H14ClF2N5O. The van der Waals surface area contributed by atoms with Crippen molar-refractivity contribution in [2.24, 2.45) is 16.5 Å². The topological polar surface area (TPSA) is 97.6 Å². The first kappa shape index (κ1) is 17.1. The van der Waals surface area contributed by atoms with Gasteiger partial charge in [-0.15, -0.1) is 0 Å². The van der Waals surface area contributed by atoms with E-state index in [-0.39, 0.29) is 36.1 Å². The zero-order valence-corrected chi connectivity index (χ0v) is 13.7. The number of amides is 2. The van der Waals surface area contributed by atoms with Crippen LogP contribution < -0.4 is 11.5 Å². The molecule has 0 spiro atoms. The highest BCUT2D eigenvalue weighted by Gasteiger charge is 2.27. The lowest BCUT2D eigenvalue weighted by atomic mass is 9.91. The summed E-state index contributed by atoms with van der Waals surface area (Å²) >= 11 is 6.08. The number of fused-ring (bicyclic) bond motifs is 1. The minimum Gasteiger partial charge on any atom is -0.370 e. The third-order valence-electron chi connectivity index (χ3n) is 3.97. The summed E-state index contributed by atoms with van der Waals surface area (Å²) in [5.41, 5.74) is 11.9. The van der Waals surface area contributed by atoms with E-state index in [9.17, 15) is 13.6 Å². The van der Waals surface area contributed by atoms with Crippen molar-refractivity contribution in [3.63, 3.8) is 0 Å². The van der Waals surface area contributed by atoms with Crippen molar-refractivity contribution in [2.75, 3.05) is 6.54 Å². The van der Waals surface area contributed by atoms with Gasteiger partial charge in [0.15, 0.2) is 11.8 Å². The molecule has 25 heavy (non-hydrogen) atoms. The van der Waals surface area contributed by atoms with Gasteiger partial charge in [-0.3, -0.25) is 4.98 Å². The summed E-state index contributed by atoms with van der Waals surface area (Å²) < 4.78 is 28.5. The average Bonchev–Trinajstić information content (AvgIpc) is 2.55. The fourth-order valence-corrected chi connectivity index (χ4v) is 3.13. The lowest BCUT2D eigenvalue weighted by molar-refractivity contribution is 0.202. The molecule has 1 aromatic heterocycles. The van der Waals surface area contributed by atoms with E-state index in [2.05, 4.69) is 9.98 Å². The van der Waals surface area contributed by atoms with Crippen LogP contribution in [0.2, 0.25) is 5.02 Å². The van der Waals surface area contributed by atoms with Crippen LogP contribution in [-0.4, -0.2) is 28.4 Å². The lowest BCUT2D eigenvalue weighted by Gasteiger charge is -2.29. The van der Waals surface area contributed by atoms with Crippen molar-refractivity contribution in [1.82, 2.24) is 9.88 Å². The number of urea groups is 1. The van der Waals surface area contributed by atoms with E-state index in [1.807, 2.05) is 0 Å². The van der Waals surface area contributed by atoms with Crippen molar-refractivity contribution >= 4 is 23.6 Å². The molecule has 0 radical (unpaired) electrons. The molecule has 0 saturated carbocycles. The van der Waals surface area contributed by atoms with Crippen molar-refractivity contribution in [1.29, 1.82) is 0 Å². The van der Waals surface area contributed by atoms with E-state index in [0.29, 0.717) is 16.7 Å². The number of benzene rings is 1. The molecule has 0 saturated heterocycles. The van der Waals surface area contributed by atoms with Gasteiger partial charge in [-0.2, -0.15) is 4.99 Å². The highest BCUT2D eigenvalue weighted by molar-refractivity contribution is 6.33. The Labute approximate surface area is 147 Å². The number of pyridine rings is 1. The molecule has 2 amide bonds. The van der Waals surface area contributed by atoms with Crippen LogP contribution in [0.1, 0.15) is 11.1 Å². The van der Waals surface area contributed by atoms with Gasteiger partial charge < -0.3 is 16.4 Å². The van der Waals surface area contributed by atoms with Crippen LogP contribution in [0.5, 0.6) is 0 Å². The predicted molar refractivity (Wildman–Crippen MR) is 89.9 cm³/mol. The molecule has 1 aliphatic rings. The number of nitrogens with two attached hydrogens (primary N) is 2. The van der Waals surface area contributed by atoms with E-state index in [1.165, 1.54) is 23.2 Å². The van der Waals surface area contributed by atoms with Gasteiger partial charge in [0, 0.05) is 24.8 Å². The number of aromatic nitrogens is 1. The van der Waals surface area contributed by atoms with Gasteiger partial charge >= 0.3 is 6.03 Å².